The number of aromatic nitrogens is 1. The van der Waals surface area contributed by atoms with E-state index in [4.69, 9.17) is 14.2 Å². The van der Waals surface area contributed by atoms with Crippen molar-refractivity contribution < 1.29 is 22.6 Å². The summed E-state index contributed by atoms with van der Waals surface area (Å²) in [6.45, 7) is 4.67. The molecule has 31 heavy (non-hydrogen) atoms. The molecule has 0 bridgehead atoms. The molecule has 0 amide bonds. The summed E-state index contributed by atoms with van der Waals surface area (Å²) in [4.78, 5) is 6.82. The summed E-state index contributed by atoms with van der Waals surface area (Å²) in [5.74, 6) is 1.39. The number of benzene rings is 1. The number of hydrogen-bond acceptors (Lipinski definition) is 7. The lowest BCUT2D eigenvalue weighted by atomic mass is 9.92. The third kappa shape index (κ3) is 4.27. The van der Waals surface area contributed by atoms with Crippen LogP contribution in [-0.4, -0.2) is 74.7 Å². The van der Waals surface area contributed by atoms with Crippen LogP contribution in [0.3, 0.4) is 0 Å². The molecule has 0 saturated carbocycles. The van der Waals surface area contributed by atoms with Crippen LogP contribution in [0.4, 0.5) is 0 Å². The second-order valence-electron chi connectivity index (χ2n) is 8.19. The highest BCUT2D eigenvalue weighted by molar-refractivity contribution is 7.89. The van der Waals surface area contributed by atoms with Gasteiger partial charge in [0.15, 0.2) is 11.5 Å². The van der Waals surface area contributed by atoms with Crippen LogP contribution in [0.2, 0.25) is 0 Å². The second kappa shape index (κ2) is 8.74. The first-order valence-corrected chi connectivity index (χ1v) is 12.2. The molecule has 2 atom stereocenters. The average Bonchev–Trinajstić information content (AvgIpc) is 3.01. The summed E-state index contributed by atoms with van der Waals surface area (Å²) in [5.41, 5.74) is 1.12. The fraction of sp³-hybridized carbons (Fsp3) is 0.500. The van der Waals surface area contributed by atoms with Crippen molar-refractivity contribution in [3.05, 3.63) is 48.3 Å². The number of rotatable bonds is 4. The zero-order valence-corrected chi connectivity index (χ0v) is 18.2. The van der Waals surface area contributed by atoms with Gasteiger partial charge >= 0.3 is 0 Å². The molecule has 1 aromatic carbocycles. The maximum Gasteiger partial charge on any atom is 0.243 e. The van der Waals surface area contributed by atoms with E-state index < -0.39 is 10.0 Å². The van der Waals surface area contributed by atoms with Gasteiger partial charge in [-0.05, 0) is 30.2 Å². The Labute approximate surface area is 182 Å². The molecule has 4 heterocycles. The molecule has 5 rings (SSSR count). The summed E-state index contributed by atoms with van der Waals surface area (Å²) in [6, 6.07) is 8.96. The summed E-state index contributed by atoms with van der Waals surface area (Å²) in [7, 11) is -3.64. The SMILES string of the molecule is O=S(=O)(c1ccc2c(c1)OCCO2)N1CC[C@@H]2COCCN(Cc3cccnc3)[C@@H]2C1. The lowest BCUT2D eigenvalue weighted by molar-refractivity contribution is 0.0766. The number of fused-ring (bicyclic) bond motifs is 2. The second-order valence-corrected chi connectivity index (χ2v) is 10.1. The van der Waals surface area contributed by atoms with Crippen molar-refractivity contribution in [1.82, 2.24) is 14.2 Å². The van der Waals surface area contributed by atoms with Gasteiger partial charge in [0.05, 0.1) is 18.1 Å². The lowest BCUT2D eigenvalue weighted by Gasteiger charge is -2.41. The zero-order valence-electron chi connectivity index (χ0n) is 17.4. The van der Waals surface area contributed by atoms with Crippen molar-refractivity contribution in [2.75, 3.05) is 46.1 Å². The molecule has 1 aromatic heterocycles. The first kappa shape index (κ1) is 20.7. The Morgan fingerprint density at radius 2 is 1.94 bits per heavy atom. The fourth-order valence-corrected chi connectivity index (χ4v) is 6.10. The molecule has 0 radical (unpaired) electrons. The highest BCUT2D eigenvalue weighted by Gasteiger charge is 2.39. The molecule has 2 saturated heterocycles. The third-order valence-corrected chi connectivity index (χ3v) is 8.13. The van der Waals surface area contributed by atoms with Crippen LogP contribution in [0.5, 0.6) is 11.5 Å². The van der Waals surface area contributed by atoms with Gasteiger partial charge in [0.1, 0.15) is 13.2 Å². The van der Waals surface area contributed by atoms with Crippen molar-refractivity contribution in [3.63, 3.8) is 0 Å². The Morgan fingerprint density at radius 1 is 1.06 bits per heavy atom. The van der Waals surface area contributed by atoms with E-state index in [2.05, 4.69) is 16.0 Å². The molecule has 0 aliphatic carbocycles. The minimum Gasteiger partial charge on any atom is -0.486 e. The predicted octanol–water partition coefficient (Wildman–Crippen LogP) is 1.76. The van der Waals surface area contributed by atoms with E-state index in [1.54, 1.807) is 28.7 Å². The van der Waals surface area contributed by atoms with Gasteiger partial charge < -0.3 is 14.2 Å². The highest BCUT2D eigenvalue weighted by atomic mass is 32.2. The van der Waals surface area contributed by atoms with Crippen molar-refractivity contribution in [3.8, 4) is 11.5 Å². The van der Waals surface area contributed by atoms with Crippen LogP contribution < -0.4 is 9.47 Å². The zero-order chi connectivity index (χ0) is 21.3. The maximum atomic E-state index is 13.5. The largest absolute Gasteiger partial charge is 0.486 e. The van der Waals surface area contributed by atoms with Crippen LogP contribution in [0, 0.1) is 5.92 Å². The van der Waals surface area contributed by atoms with Crippen LogP contribution in [0.15, 0.2) is 47.6 Å². The number of sulfonamides is 1. The van der Waals surface area contributed by atoms with Gasteiger partial charge in [-0.2, -0.15) is 4.31 Å². The van der Waals surface area contributed by atoms with Crippen molar-refractivity contribution in [2.45, 2.75) is 23.9 Å². The van der Waals surface area contributed by atoms with E-state index in [1.807, 2.05) is 12.3 Å². The average molecular weight is 446 g/mol. The number of nitrogens with zero attached hydrogens (tertiary/aromatic N) is 3. The molecule has 0 N–H and O–H groups in total. The van der Waals surface area contributed by atoms with Crippen LogP contribution in [-0.2, 0) is 21.3 Å². The minimum absolute atomic E-state index is 0.100. The minimum atomic E-state index is -3.64. The molecule has 8 nitrogen and oxygen atoms in total. The Morgan fingerprint density at radius 3 is 2.77 bits per heavy atom. The van der Waals surface area contributed by atoms with Gasteiger partial charge in [-0.25, -0.2) is 8.42 Å². The number of hydrogen-bond donors (Lipinski definition) is 0. The van der Waals surface area contributed by atoms with E-state index in [0.717, 1.165) is 25.1 Å². The Balaban J connectivity index is 1.38. The van der Waals surface area contributed by atoms with E-state index in [9.17, 15) is 8.42 Å². The monoisotopic (exact) mass is 445 g/mol. The van der Waals surface area contributed by atoms with E-state index in [-0.39, 0.29) is 10.9 Å². The molecule has 166 valence electrons. The van der Waals surface area contributed by atoms with Gasteiger partial charge in [0.25, 0.3) is 0 Å². The van der Waals surface area contributed by atoms with Gasteiger partial charge in [-0.3, -0.25) is 9.88 Å². The topological polar surface area (TPSA) is 81.2 Å². The number of piperidine rings is 1. The summed E-state index contributed by atoms with van der Waals surface area (Å²) in [6.07, 6.45) is 4.41. The Bertz CT molecular complexity index is 1020. The number of ether oxygens (including phenoxy) is 3. The fourth-order valence-electron chi connectivity index (χ4n) is 4.62. The van der Waals surface area contributed by atoms with Gasteiger partial charge in [-0.1, -0.05) is 6.07 Å². The van der Waals surface area contributed by atoms with Crippen LogP contribution >= 0.6 is 0 Å². The van der Waals surface area contributed by atoms with Gasteiger partial charge in [-0.15, -0.1) is 0 Å². The molecule has 2 fully saturated rings. The molecule has 3 aliphatic rings. The Kier molecular flexibility index (Phi) is 5.83. The first-order valence-electron chi connectivity index (χ1n) is 10.7. The molecule has 0 unspecified atom stereocenters. The smallest absolute Gasteiger partial charge is 0.243 e. The van der Waals surface area contributed by atoms with Gasteiger partial charge in [0, 0.05) is 56.6 Å². The van der Waals surface area contributed by atoms with Crippen LogP contribution in [0.1, 0.15) is 12.0 Å². The molecule has 2 aromatic rings. The lowest BCUT2D eigenvalue weighted by Crippen LogP contribution is -2.54. The van der Waals surface area contributed by atoms with Crippen molar-refractivity contribution >= 4 is 10.0 Å². The van der Waals surface area contributed by atoms with E-state index >= 15 is 0 Å². The standard InChI is InChI=1S/C22H27N3O5S/c26-31(27,19-3-4-21-22(12-19)30-11-10-29-21)25-7-5-18-16-28-9-8-24(20(18)15-25)14-17-2-1-6-23-13-17/h1-4,6,12-13,18,20H,5,7-11,14-16H2/t18-,20-/m1/s1. The van der Waals surface area contributed by atoms with E-state index in [1.165, 1.54) is 0 Å². The number of pyridine rings is 1. The molecule has 0 spiro atoms. The quantitative estimate of drug-likeness (QED) is 0.709. The van der Waals surface area contributed by atoms with Crippen LogP contribution in [0.25, 0.3) is 0 Å². The highest BCUT2D eigenvalue weighted by Crippen LogP contribution is 2.35. The van der Waals surface area contributed by atoms with Crippen molar-refractivity contribution in [2.24, 2.45) is 5.92 Å². The first-order chi connectivity index (χ1) is 15.1. The van der Waals surface area contributed by atoms with Gasteiger partial charge in [0.2, 0.25) is 10.0 Å². The molecule has 9 heteroatoms. The predicted molar refractivity (Wildman–Crippen MR) is 114 cm³/mol. The van der Waals surface area contributed by atoms with E-state index in [0.29, 0.717) is 56.9 Å². The summed E-state index contributed by atoms with van der Waals surface area (Å²) >= 11 is 0. The molecular weight excluding hydrogens is 418 g/mol. The molecule has 3 aliphatic heterocycles. The summed E-state index contributed by atoms with van der Waals surface area (Å²) in [5, 5.41) is 0. The normalized spacial score (nSPS) is 24.9. The maximum absolute atomic E-state index is 13.5. The third-order valence-electron chi connectivity index (χ3n) is 6.27. The molecular formula is C22H27N3O5S. The Hall–Kier alpha value is -2.20. The van der Waals surface area contributed by atoms with Crippen molar-refractivity contribution in [1.29, 1.82) is 0 Å². The summed E-state index contributed by atoms with van der Waals surface area (Å²) < 4.78 is 45.5.